The molecule has 1 aliphatic carbocycles. The van der Waals surface area contributed by atoms with E-state index in [2.05, 4.69) is 17.7 Å². The van der Waals surface area contributed by atoms with Crippen molar-refractivity contribution in [1.29, 1.82) is 0 Å². The molecule has 0 heterocycles. The summed E-state index contributed by atoms with van der Waals surface area (Å²) in [7, 11) is 0. The molecular formula is C27H24F6O. The number of ether oxygens (including phenoxy) is 1. The van der Waals surface area contributed by atoms with Gasteiger partial charge in [-0.2, -0.15) is 0 Å². The number of benzene rings is 3. The van der Waals surface area contributed by atoms with Crippen LogP contribution in [0.3, 0.4) is 0 Å². The lowest BCUT2D eigenvalue weighted by Gasteiger charge is -2.13. The fourth-order valence-electron chi connectivity index (χ4n) is 4.51. The molecule has 0 saturated carbocycles. The highest BCUT2D eigenvalue weighted by atomic mass is 19.4. The Morgan fingerprint density at radius 3 is 2.09 bits per heavy atom. The van der Waals surface area contributed by atoms with Gasteiger partial charge in [0.2, 0.25) is 5.75 Å². The molecule has 0 saturated heterocycles. The first-order valence-electron chi connectivity index (χ1n) is 11.4. The Balaban J connectivity index is 1.57. The van der Waals surface area contributed by atoms with Gasteiger partial charge in [0.1, 0.15) is 5.82 Å². The maximum atomic E-state index is 15.0. The number of halogens is 6. The molecule has 0 radical (unpaired) electrons. The zero-order valence-corrected chi connectivity index (χ0v) is 18.7. The average molecular weight is 478 g/mol. The zero-order chi connectivity index (χ0) is 24.5. The van der Waals surface area contributed by atoms with Gasteiger partial charge in [-0.1, -0.05) is 50.8 Å². The summed E-state index contributed by atoms with van der Waals surface area (Å²) < 4.78 is 83.9. The van der Waals surface area contributed by atoms with E-state index in [1.807, 2.05) is 12.1 Å². The summed E-state index contributed by atoms with van der Waals surface area (Å²) in [4.78, 5) is 0. The van der Waals surface area contributed by atoms with Crippen LogP contribution >= 0.6 is 0 Å². The SMILES string of the molecule is CCCCCCCc1ccc2c(c1)Cc1cc(-c3cc(F)c(OC(F)(F)F)c(F)c3)c(F)cc1-2. The minimum atomic E-state index is -5.25. The van der Waals surface area contributed by atoms with Crippen LogP contribution in [0.5, 0.6) is 5.75 Å². The molecule has 0 unspecified atom stereocenters. The van der Waals surface area contributed by atoms with E-state index in [0.717, 1.165) is 29.5 Å². The summed E-state index contributed by atoms with van der Waals surface area (Å²) in [6.45, 7) is 2.18. The van der Waals surface area contributed by atoms with E-state index < -0.39 is 29.6 Å². The van der Waals surface area contributed by atoms with E-state index in [4.69, 9.17) is 0 Å². The molecule has 1 aliphatic rings. The third-order valence-corrected chi connectivity index (χ3v) is 6.13. The van der Waals surface area contributed by atoms with Crippen LogP contribution in [0.2, 0.25) is 0 Å². The van der Waals surface area contributed by atoms with Crippen molar-refractivity contribution >= 4 is 0 Å². The normalized spacial score (nSPS) is 12.6. The predicted octanol–water partition coefficient (Wildman–Crippen LogP) is 8.75. The van der Waals surface area contributed by atoms with Crippen LogP contribution in [0, 0.1) is 17.5 Å². The lowest BCUT2D eigenvalue weighted by Crippen LogP contribution is -2.19. The van der Waals surface area contributed by atoms with Crippen LogP contribution in [-0.4, -0.2) is 6.36 Å². The Morgan fingerprint density at radius 2 is 1.41 bits per heavy atom. The van der Waals surface area contributed by atoms with Gasteiger partial charge in [0.05, 0.1) is 0 Å². The fraction of sp³-hybridized carbons (Fsp3) is 0.333. The zero-order valence-electron chi connectivity index (χ0n) is 18.7. The minimum Gasteiger partial charge on any atom is -0.399 e. The first kappa shape index (κ1) is 24.2. The van der Waals surface area contributed by atoms with Crippen molar-refractivity contribution in [2.24, 2.45) is 0 Å². The first-order chi connectivity index (χ1) is 16.2. The molecule has 0 atom stereocenters. The van der Waals surface area contributed by atoms with Gasteiger partial charge >= 0.3 is 6.36 Å². The quantitative estimate of drug-likeness (QED) is 0.182. The van der Waals surface area contributed by atoms with Gasteiger partial charge < -0.3 is 4.74 Å². The number of unbranched alkanes of at least 4 members (excludes halogenated alkanes) is 4. The summed E-state index contributed by atoms with van der Waals surface area (Å²) in [6, 6.07) is 10.3. The van der Waals surface area contributed by atoms with Gasteiger partial charge in [-0.3, -0.25) is 0 Å². The molecule has 0 amide bonds. The molecular weight excluding hydrogens is 454 g/mol. The second-order valence-corrected chi connectivity index (χ2v) is 8.64. The number of fused-ring (bicyclic) bond motifs is 3. The Bertz CT molecular complexity index is 1180. The van der Waals surface area contributed by atoms with Gasteiger partial charge in [0, 0.05) is 5.56 Å². The average Bonchev–Trinajstić information content (AvgIpc) is 3.11. The van der Waals surface area contributed by atoms with Crippen LogP contribution in [0.25, 0.3) is 22.3 Å². The van der Waals surface area contributed by atoms with Crippen molar-refractivity contribution < 1.29 is 31.1 Å². The standard InChI is InChI=1S/C27H24F6O/c1-2-3-4-5-6-7-16-8-9-20-17(10-16)11-18-12-22(23(28)15-21(18)20)19-13-24(29)26(25(30)14-19)34-27(31,32)33/h8-10,12-15H,2-7,11H2,1H3. The van der Waals surface area contributed by atoms with Gasteiger partial charge in [-0.15, -0.1) is 13.2 Å². The van der Waals surface area contributed by atoms with Crippen LogP contribution in [0.1, 0.15) is 55.7 Å². The Kier molecular flexibility index (Phi) is 6.91. The summed E-state index contributed by atoms with van der Waals surface area (Å²) in [6.07, 6.45) is 2.20. The maximum absolute atomic E-state index is 15.0. The van der Waals surface area contributed by atoms with E-state index >= 15 is 0 Å². The molecule has 0 bridgehead atoms. The van der Waals surface area contributed by atoms with Gasteiger partial charge in [-0.05, 0) is 76.9 Å². The first-order valence-corrected chi connectivity index (χ1v) is 11.4. The molecule has 0 fully saturated rings. The third kappa shape index (κ3) is 5.24. The maximum Gasteiger partial charge on any atom is 0.573 e. The molecule has 3 aromatic rings. The number of hydrogen-bond donors (Lipinski definition) is 0. The van der Waals surface area contributed by atoms with Crippen molar-refractivity contribution in [3.8, 4) is 28.0 Å². The van der Waals surface area contributed by atoms with E-state index in [-0.39, 0.29) is 11.1 Å². The van der Waals surface area contributed by atoms with Crippen molar-refractivity contribution in [1.82, 2.24) is 0 Å². The van der Waals surface area contributed by atoms with E-state index in [1.165, 1.54) is 43.4 Å². The molecule has 34 heavy (non-hydrogen) atoms. The monoisotopic (exact) mass is 478 g/mol. The Hall–Kier alpha value is -2.96. The molecule has 1 nitrogen and oxygen atoms in total. The largest absolute Gasteiger partial charge is 0.573 e. The van der Waals surface area contributed by atoms with Crippen molar-refractivity contribution in [2.45, 2.75) is 58.2 Å². The molecule has 3 aromatic carbocycles. The second-order valence-electron chi connectivity index (χ2n) is 8.64. The highest BCUT2D eigenvalue weighted by Gasteiger charge is 2.34. The number of alkyl halides is 3. The fourth-order valence-corrected chi connectivity index (χ4v) is 4.51. The number of rotatable bonds is 8. The lowest BCUT2D eigenvalue weighted by molar-refractivity contribution is -0.276. The van der Waals surface area contributed by atoms with Crippen LogP contribution in [-0.2, 0) is 12.8 Å². The van der Waals surface area contributed by atoms with Crippen molar-refractivity contribution in [2.75, 3.05) is 0 Å². The molecule has 0 spiro atoms. The Morgan fingerprint density at radius 1 is 0.735 bits per heavy atom. The number of aryl methyl sites for hydroxylation is 1. The minimum absolute atomic E-state index is 0.0842. The van der Waals surface area contributed by atoms with E-state index in [1.54, 1.807) is 0 Å². The third-order valence-electron chi connectivity index (χ3n) is 6.13. The highest BCUT2D eigenvalue weighted by molar-refractivity contribution is 5.81. The van der Waals surface area contributed by atoms with Gasteiger partial charge in [0.25, 0.3) is 0 Å². The van der Waals surface area contributed by atoms with Crippen LogP contribution in [0.4, 0.5) is 26.3 Å². The van der Waals surface area contributed by atoms with Gasteiger partial charge in [0.15, 0.2) is 11.6 Å². The van der Waals surface area contributed by atoms with E-state index in [9.17, 15) is 26.3 Å². The molecule has 0 aromatic heterocycles. The Labute approximate surface area is 194 Å². The number of hydrogen-bond acceptors (Lipinski definition) is 1. The summed E-state index contributed by atoms with van der Waals surface area (Å²) in [5, 5.41) is 0. The summed E-state index contributed by atoms with van der Waals surface area (Å²) in [5.74, 6) is -5.39. The van der Waals surface area contributed by atoms with Crippen molar-refractivity contribution in [3.05, 3.63) is 76.6 Å². The van der Waals surface area contributed by atoms with Gasteiger partial charge in [-0.25, -0.2) is 13.2 Å². The van der Waals surface area contributed by atoms with Crippen LogP contribution < -0.4 is 4.74 Å². The molecule has 180 valence electrons. The van der Waals surface area contributed by atoms with Crippen LogP contribution in [0.15, 0.2) is 42.5 Å². The molecule has 4 rings (SSSR count). The molecule has 7 heteroatoms. The lowest BCUT2D eigenvalue weighted by atomic mass is 9.97. The van der Waals surface area contributed by atoms with E-state index in [0.29, 0.717) is 24.1 Å². The highest BCUT2D eigenvalue weighted by Crippen LogP contribution is 2.41. The smallest absolute Gasteiger partial charge is 0.399 e. The summed E-state index contributed by atoms with van der Waals surface area (Å²) >= 11 is 0. The topological polar surface area (TPSA) is 9.23 Å². The van der Waals surface area contributed by atoms with Crippen molar-refractivity contribution in [3.63, 3.8) is 0 Å². The summed E-state index contributed by atoms with van der Waals surface area (Å²) in [5.41, 5.74) is 4.41. The molecule has 0 aliphatic heterocycles. The second kappa shape index (κ2) is 9.72. The molecule has 0 N–H and O–H groups in total. The predicted molar refractivity (Wildman–Crippen MR) is 119 cm³/mol.